The van der Waals surface area contributed by atoms with E-state index in [1.54, 1.807) is 0 Å². The van der Waals surface area contributed by atoms with E-state index in [9.17, 15) is 18.0 Å². The molecule has 0 bridgehead atoms. The molecular weight excluding hydrogens is 259 g/mol. The highest BCUT2D eigenvalue weighted by molar-refractivity contribution is 5.94. The van der Waals surface area contributed by atoms with Crippen LogP contribution in [-0.4, -0.2) is 15.9 Å². The van der Waals surface area contributed by atoms with Crippen LogP contribution in [0.1, 0.15) is 18.5 Å². The largest absolute Gasteiger partial charge is 0.431 e. The Balaban J connectivity index is 1.89. The van der Waals surface area contributed by atoms with Crippen molar-refractivity contribution in [3.63, 3.8) is 0 Å². The molecule has 4 nitrogen and oxygen atoms in total. The molecule has 0 radical (unpaired) electrons. The van der Waals surface area contributed by atoms with Crippen molar-refractivity contribution in [3.8, 4) is 0 Å². The molecule has 1 saturated carbocycles. The molecular formula is C12H10F3N3O. The number of fused-ring (bicyclic) bond motifs is 1. The number of amides is 1. The zero-order valence-electron chi connectivity index (χ0n) is 9.71. The summed E-state index contributed by atoms with van der Waals surface area (Å²) in [6, 6.07) is 2.40. The minimum atomic E-state index is -4.42. The number of halogens is 3. The van der Waals surface area contributed by atoms with Gasteiger partial charge in [0.25, 0.3) is 0 Å². The van der Waals surface area contributed by atoms with Gasteiger partial charge in [-0.25, -0.2) is 4.98 Å². The van der Waals surface area contributed by atoms with Crippen LogP contribution >= 0.6 is 0 Å². The van der Waals surface area contributed by atoms with Gasteiger partial charge < -0.3 is 10.3 Å². The second-order valence-electron chi connectivity index (χ2n) is 4.60. The van der Waals surface area contributed by atoms with E-state index in [0.29, 0.717) is 10.9 Å². The quantitative estimate of drug-likeness (QED) is 0.880. The van der Waals surface area contributed by atoms with Crippen molar-refractivity contribution in [1.29, 1.82) is 0 Å². The van der Waals surface area contributed by atoms with Crippen LogP contribution in [0.15, 0.2) is 18.3 Å². The molecule has 1 amide bonds. The summed E-state index contributed by atoms with van der Waals surface area (Å²) < 4.78 is 37.6. The number of aromatic amines is 1. The summed E-state index contributed by atoms with van der Waals surface area (Å²) in [7, 11) is 0. The molecule has 2 heterocycles. The van der Waals surface area contributed by atoms with Crippen molar-refractivity contribution < 1.29 is 18.0 Å². The molecule has 0 atom stereocenters. The first kappa shape index (κ1) is 12.0. The van der Waals surface area contributed by atoms with Gasteiger partial charge in [0.15, 0.2) is 0 Å². The summed E-state index contributed by atoms with van der Waals surface area (Å²) in [6.07, 6.45) is -1.40. The third kappa shape index (κ3) is 2.40. The molecule has 19 heavy (non-hydrogen) atoms. The van der Waals surface area contributed by atoms with Gasteiger partial charge in [0.05, 0.1) is 5.52 Å². The lowest BCUT2D eigenvalue weighted by atomic mass is 10.3. The number of pyridine rings is 1. The Morgan fingerprint density at radius 1 is 1.37 bits per heavy atom. The Bertz CT molecular complexity index is 643. The van der Waals surface area contributed by atoms with Gasteiger partial charge in [-0.15, -0.1) is 0 Å². The predicted molar refractivity (Wildman–Crippen MR) is 62.4 cm³/mol. The third-order valence-corrected chi connectivity index (χ3v) is 3.01. The number of hydrogen-bond donors (Lipinski definition) is 2. The minimum Gasteiger partial charge on any atom is -0.351 e. The number of alkyl halides is 3. The molecule has 0 aromatic carbocycles. The number of aromatic nitrogens is 2. The van der Waals surface area contributed by atoms with Gasteiger partial charge in [0.1, 0.15) is 11.5 Å². The SMILES string of the molecule is O=C(Nc1cc2[nH]c(C(F)(F)F)cc2cn1)C1CC1. The zero-order chi connectivity index (χ0) is 13.6. The smallest absolute Gasteiger partial charge is 0.351 e. The number of hydrogen-bond acceptors (Lipinski definition) is 2. The summed E-state index contributed by atoms with van der Waals surface area (Å²) in [4.78, 5) is 17.7. The minimum absolute atomic E-state index is 0.0203. The number of anilines is 1. The standard InChI is InChI=1S/C12H10F3N3O/c13-12(14,15)9-3-7-5-16-10(4-8(7)17-9)18-11(19)6-1-2-6/h3-6,17H,1-2H2,(H,16,18,19). The maximum absolute atomic E-state index is 12.5. The summed E-state index contributed by atoms with van der Waals surface area (Å²) in [6.45, 7) is 0. The van der Waals surface area contributed by atoms with Crippen molar-refractivity contribution in [3.05, 3.63) is 24.0 Å². The number of nitrogens with zero attached hydrogens (tertiary/aromatic N) is 1. The Morgan fingerprint density at radius 3 is 2.74 bits per heavy atom. The first-order valence-electron chi connectivity index (χ1n) is 5.80. The summed E-state index contributed by atoms with van der Waals surface area (Å²) in [5.74, 6) is 0.154. The normalized spacial score (nSPS) is 15.7. The van der Waals surface area contributed by atoms with E-state index in [1.165, 1.54) is 12.3 Å². The first-order chi connectivity index (χ1) is 8.93. The lowest BCUT2D eigenvalue weighted by molar-refractivity contribution is -0.140. The fraction of sp³-hybridized carbons (Fsp3) is 0.333. The van der Waals surface area contributed by atoms with Gasteiger partial charge in [0, 0.05) is 23.6 Å². The van der Waals surface area contributed by atoms with Crippen molar-refractivity contribution in [2.45, 2.75) is 19.0 Å². The van der Waals surface area contributed by atoms with E-state index < -0.39 is 11.9 Å². The van der Waals surface area contributed by atoms with Gasteiger partial charge in [-0.1, -0.05) is 0 Å². The molecule has 2 N–H and O–H groups in total. The van der Waals surface area contributed by atoms with Crippen LogP contribution < -0.4 is 5.32 Å². The Kier molecular flexibility index (Phi) is 2.51. The van der Waals surface area contributed by atoms with Crippen LogP contribution in [0.25, 0.3) is 10.9 Å². The molecule has 1 aliphatic carbocycles. The van der Waals surface area contributed by atoms with Gasteiger partial charge >= 0.3 is 6.18 Å². The Morgan fingerprint density at radius 2 is 2.11 bits per heavy atom. The fourth-order valence-corrected chi connectivity index (χ4v) is 1.82. The Labute approximate surface area is 106 Å². The zero-order valence-corrected chi connectivity index (χ0v) is 9.71. The summed E-state index contributed by atoms with van der Waals surface area (Å²) >= 11 is 0. The monoisotopic (exact) mass is 269 g/mol. The number of carbonyl (C=O) groups excluding carboxylic acids is 1. The van der Waals surface area contributed by atoms with Crippen LogP contribution in [-0.2, 0) is 11.0 Å². The van der Waals surface area contributed by atoms with E-state index in [0.717, 1.165) is 18.9 Å². The number of rotatable bonds is 2. The predicted octanol–water partition coefficient (Wildman–Crippen LogP) is 2.93. The van der Waals surface area contributed by atoms with Gasteiger partial charge in [0.2, 0.25) is 5.91 Å². The highest BCUT2D eigenvalue weighted by Crippen LogP contribution is 2.32. The molecule has 3 rings (SSSR count). The lowest BCUT2D eigenvalue weighted by Gasteiger charge is -2.02. The average Bonchev–Trinajstić information content (AvgIpc) is 3.07. The van der Waals surface area contributed by atoms with Gasteiger partial charge in [-0.05, 0) is 18.9 Å². The van der Waals surface area contributed by atoms with Crippen LogP contribution in [0.2, 0.25) is 0 Å². The molecule has 0 spiro atoms. The summed E-state index contributed by atoms with van der Waals surface area (Å²) in [5, 5.41) is 2.95. The van der Waals surface area contributed by atoms with Crippen LogP contribution in [0.3, 0.4) is 0 Å². The maximum atomic E-state index is 12.5. The topological polar surface area (TPSA) is 57.8 Å². The van der Waals surface area contributed by atoms with E-state index in [2.05, 4.69) is 15.3 Å². The molecule has 100 valence electrons. The molecule has 0 saturated heterocycles. The van der Waals surface area contributed by atoms with Crippen LogP contribution in [0, 0.1) is 5.92 Å². The molecule has 0 unspecified atom stereocenters. The number of nitrogens with one attached hydrogen (secondary N) is 2. The first-order valence-corrected chi connectivity index (χ1v) is 5.80. The lowest BCUT2D eigenvalue weighted by Crippen LogP contribution is -2.14. The molecule has 1 aliphatic rings. The van der Waals surface area contributed by atoms with Gasteiger partial charge in [-0.2, -0.15) is 13.2 Å². The molecule has 7 heteroatoms. The van der Waals surface area contributed by atoms with E-state index in [4.69, 9.17) is 0 Å². The highest BCUT2D eigenvalue weighted by Gasteiger charge is 2.33. The van der Waals surface area contributed by atoms with Crippen molar-refractivity contribution in [1.82, 2.24) is 9.97 Å². The molecule has 2 aromatic heterocycles. The molecule has 2 aromatic rings. The van der Waals surface area contributed by atoms with Gasteiger partial charge in [-0.3, -0.25) is 4.79 Å². The average molecular weight is 269 g/mol. The summed E-state index contributed by atoms with van der Waals surface area (Å²) in [5.41, 5.74) is -0.525. The third-order valence-electron chi connectivity index (χ3n) is 3.01. The second kappa shape index (κ2) is 3.97. The second-order valence-corrected chi connectivity index (χ2v) is 4.60. The van der Waals surface area contributed by atoms with E-state index in [1.807, 2.05) is 0 Å². The van der Waals surface area contributed by atoms with Crippen molar-refractivity contribution >= 4 is 22.6 Å². The van der Waals surface area contributed by atoms with Crippen LogP contribution in [0.5, 0.6) is 0 Å². The maximum Gasteiger partial charge on any atom is 0.431 e. The highest BCUT2D eigenvalue weighted by atomic mass is 19.4. The van der Waals surface area contributed by atoms with E-state index >= 15 is 0 Å². The van der Waals surface area contributed by atoms with Crippen LogP contribution in [0.4, 0.5) is 19.0 Å². The van der Waals surface area contributed by atoms with E-state index in [-0.39, 0.29) is 17.6 Å². The number of H-pyrrole nitrogens is 1. The van der Waals surface area contributed by atoms with Crippen molar-refractivity contribution in [2.75, 3.05) is 5.32 Å². The fourth-order valence-electron chi connectivity index (χ4n) is 1.82. The number of carbonyl (C=O) groups is 1. The molecule has 0 aliphatic heterocycles. The Hall–Kier alpha value is -2.05. The molecule has 1 fully saturated rings. The van der Waals surface area contributed by atoms with Crippen molar-refractivity contribution in [2.24, 2.45) is 5.92 Å².